The van der Waals surface area contributed by atoms with Crippen molar-refractivity contribution >= 4 is 22.6 Å². The molecule has 3 aromatic rings. The predicted octanol–water partition coefficient (Wildman–Crippen LogP) is 1.64. The normalized spacial score (nSPS) is 10.4. The number of anilines is 1. The van der Waals surface area contributed by atoms with E-state index in [-0.39, 0.29) is 12.1 Å². The molecule has 7 heteroatoms. The van der Waals surface area contributed by atoms with E-state index in [1.807, 2.05) is 0 Å². The van der Waals surface area contributed by atoms with Crippen molar-refractivity contribution in [1.82, 2.24) is 20.3 Å². The molecule has 0 aliphatic heterocycles. The summed E-state index contributed by atoms with van der Waals surface area (Å²) in [6, 6.07) is 10.1. The van der Waals surface area contributed by atoms with Crippen LogP contribution in [0.25, 0.3) is 10.9 Å². The number of urea groups is 1. The highest BCUT2D eigenvalue weighted by Gasteiger charge is 2.05. The number of nitrogens with one attached hydrogen (secondary N) is 3. The fourth-order valence-electron chi connectivity index (χ4n) is 1.99. The van der Waals surface area contributed by atoms with Crippen LogP contribution in [0.5, 0.6) is 0 Å². The first-order valence-corrected chi connectivity index (χ1v) is 6.65. The molecule has 22 heavy (non-hydrogen) atoms. The van der Waals surface area contributed by atoms with Gasteiger partial charge in [0.05, 0.1) is 29.3 Å². The molecule has 1 aromatic carbocycles. The van der Waals surface area contributed by atoms with E-state index in [1.165, 1.54) is 6.20 Å². The van der Waals surface area contributed by atoms with Crippen molar-refractivity contribution in [3.63, 3.8) is 0 Å². The first kappa shape index (κ1) is 13.7. The van der Waals surface area contributed by atoms with Gasteiger partial charge in [0.15, 0.2) is 0 Å². The van der Waals surface area contributed by atoms with Crippen LogP contribution in [-0.2, 0) is 6.54 Å². The fourth-order valence-corrected chi connectivity index (χ4v) is 1.99. The van der Waals surface area contributed by atoms with E-state index in [4.69, 9.17) is 0 Å². The van der Waals surface area contributed by atoms with Gasteiger partial charge in [-0.25, -0.2) is 9.78 Å². The number of nitrogens with zero attached hydrogens (tertiary/aromatic N) is 2. The number of para-hydroxylation sites is 1. The first-order chi connectivity index (χ1) is 10.7. The number of carbonyl (C=O) groups is 1. The molecule has 0 unspecified atom stereocenters. The lowest BCUT2D eigenvalue weighted by Crippen LogP contribution is -2.29. The fraction of sp³-hybridized carbons (Fsp3) is 0.0667. The van der Waals surface area contributed by atoms with Crippen LogP contribution in [-0.4, -0.2) is 21.0 Å². The van der Waals surface area contributed by atoms with Crippen LogP contribution in [0.3, 0.4) is 0 Å². The number of H-pyrrole nitrogens is 1. The molecule has 110 valence electrons. The summed E-state index contributed by atoms with van der Waals surface area (Å²) in [5, 5.41) is 5.78. The molecular formula is C15H13N5O2. The lowest BCUT2D eigenvalue weighted by molar-refractivity contribution is 0.251. The van der Waals surface area contributed by atoms with Crippen LogP contribution in [0.4, 0.5) is 10.5 Å². The van der Waals surface area contributed by atoms with E-state index in [0.29, 0.717) is 22.4 Å². The Balaban J connectivity index is 1.69. The van der Waals surface area contributed by atoms with Gasteiger partial charge in [-0.3, -0.25) is 9.78 Å². The number of hydrogen-bond donors (Lipinski definition) is 3. The minimum absolute atomic E-state index is 0.117. The van der Waals surface area contributed by atoms with Gasteiger partial charge < -0.3 is 15.6 Å². The Hall–Kier alpha value is -3.22. The number of hydrogen-bond acceptors (Lipinski definition) is 4. The largest absolute Gasteiger partial charge is 0.331 e. The Labute approximate surface area is 125 Å². The first-order valence-electron chi connectivity index (χ1n) is 6.65. The summed E-state index contributed by atoms with van der Waals surface area (Å²) in [6.07, 6.45) is 3.16. The highest BCUT2D eigenvalue weighted by atomic mass is 16.2. The van der Waals surface area contributed by atoms with Gasteiger partial charge in [0.25, 0.3) is 5.56 Å². The molecule has 0 saturated heterocycles. The Morgan fingerprint density at radius 1 is 1.18 bits per heavy atom. The van der Waals surface area contributed by atoms with Gasteiger partial charge in [-0.2, -0.15) is 0 Å². The quantitative estimate of drug-likeness (QED) is 0.684. The van der Waals surface area contributed by atoms with E-state index in [1.54, 1.807) is 42.6 Å². The molecule has 0 saturated carbocycles. The number of rotatable bonds is 3. The minimum Gasteiger partial charge on any atom is -0.331 e. The zero-order chi connectivity index (χ0) is 15.4. The predicted molar refractivity (Wildman–Crippen MR) is 82.5 cm³/mol. The van der Waals surface area contributed by atoms with Crippen molar-refractivity contribution in [2.75, 3.05) is 5.32 Å². The number of aromatic amines is 1. The van der Waals surface area contributed by atoms with Crippen LogP contribution in [0.1, 0.15) is 5.82 Å². The summed E-state index contributed by atoms with van der Waals surface area (Å²) >= 11 is 0. The summed E-state index contributed by atoms with van der Waals surface area (Å²) in [5.74, 6) is 0.394. The van der Waals surface area contributed by atoms with Crippen molar-refractivity contribution in [2.45, 2.75) is 6.54 Å². The summed E-state index contributed by atoms with van der Waals surface area (Å²) in [4.78, 5) is 34.5. The van der Waals surface area contributed by atoms with E-state index >= 15 is 0 Å². The lowest BCUT2D eigenvalue weighted by Gasteiger charge is -2.07. The van der Waals surface area contributed by atoms with E-state index in [2.05, 4.69) is 25.6 Å². The highest BCUT2D eigenvalue weighted by Crippen LogP contribution is 2.05. The second-order valence-electron chi connectivity index (χ2n) is 4.58. The van der Waals surface area contributed by atoms with E-state index in [9.17, 15) is 9.59 Å². The molecule has 0 aliphatic rings. The highest BCUT2D eigenvalue weighted by molar-refractivity contribution is 5.88. The third-order valence-electron chi connectivity index (χ3n) is 3.00. The molecule has 0 aliphatic carbocycles. The minimum atomic E-state index is -0.399. The Morgan fingerprint density at radius 3 is 2.86 bits per heavy atom. The molecule has 3 rings (SSSR count). The van der Waals surface area contributed by atoms with Gasteiger partial charge in [0.2, 0.25) is 0 Å². The maximum Gasteiger partial charge on any atom is 0.319 e. The van der Waals surface area contributed by atoms with Crippen LogP contribution >= 0.6 is 0 Å². The smallest absolute Gasteiger partial charge is 0.319 e. The van der Waals surface area contributed by atoms with Crippen LogP contribution in [0.2, 0.25) is 0 Å². The Morgan fingerprint density at radius 2 is 2.05 bits per heavy atom. The summed E-state index contributed by atoms with van der Waals surface area (Å²) in [7, 11) is 0. The zero-order valence-electron chi connectivity index (χ0n) is 11.5. The van der Waals surface area contributed by atoms with E-state index < -0.39 is 6.03 Å². The zero-order valence-corrected chi connectivity index (χ0v) is 11.5. The number of aromatic nitrogens is 3. The molecule has 3 N–H and O–H groups in total. The van der Waals surface area contributed by atoms with Gasteiger partial charge in [-0.1, -0.05) is 12.1 Å². The topological polar surface area (TPSA) is 99.8 Å². The Bertz CT molecular complexity index is 860. The number of fused-ring (bicyclic) bond motifs is 1. The molecule has 0 bridgehead atoms. The van der Waals surface area contributed by atoms with Crippen LogP contribution in [0, 0.1) is 0 Å². The molecule has 0 atom stereocenters. The lowest BCUT2D eigenvalue weighted by atomic mass is 10.2. The number of benzene rings is 1. The molecule has 0 spiro atoms. The molecule has 0 fully saturated rings. The molecular weight excluding hydrogens is 282 g/mol. The molecule has 2 amide bonds. The van der Waals surface area contributed by atoms with Gasteiger partial charge in [0, 0.05) is 6.20 Å². The summed E-state index contributed by atoms with van der Waals surface area (Å²) in [6.45, 7) is 0.117. The van der Waals surface area contributed by atoms with Crippen molar-refractivity contribution in [2.24, 2.45) is 0 Å². The molecule has 7 nitrogen and oxygen atoms in total. The summed E-state index contributed by atoms with van der Waals surface area (Å²) < 4.78 is 0. The third-order valence-corrected chi connectivity index (χ3v) is 3.00. The Kier molecular flexibility index (Phi) is 3.78. The van der Waals surface area contributed by atoms with Gasteiger partial charge in [-0.05, 0) is 24.3 Å². The van der Waals surface area contributed by atoms with Crippen molar-refractivity contribution in [3.05, 3.63) is 65.0 Å². The van der Waals surface area contributed by atoms with Crippen LogP contribution < -0.4 is 16.2 Å². The second-order valence-corrected chi connectivity index (χ2v) is 4.58. The van der Waals surface area contributed by atoms with Crippen molar-refractivity contribution in [3.8, 4) is 0 Å². The standard InChI is InChI=1S/C15H13N5O2/c21-14-11-5-1-2-6-12(11)19-13(20-14)9-17-15(22)18-10-4-3-7-16-8-10/h1-8H,9H2,(H2,17,18,22)(H,19,20,21). The van der Waals surface area contributed by atoms with Gasteiger partial charge >= 0.3 is 6.03 Å². The molecule has 2 heterocycles. The van der Waals surface area contributed by atoms with Gasteiger partial charge in [0.1, 0.15) is 5.82 Å². The van der Waals surface area contributed by atoms with Gasteiger partial charge in [-0.15, -0.1) is 0 Å². The van der Waals surface area contributed by atoms with Crippen LogP contribution in [0.15, 0.2) is 53.6 Å². The second kappa shape index (κ2) is 6.04. The monoisotopic (exact) mass is 295 g/mol. The molecule has 2 aromatic heterocycles. The average molecular weight is 295 g/mol. The van der Waals surface area contributed by atoms with Crippen molar-refractivity contribution < 1.29 is 4.79 Å². The average Bonchev–Trinajstić information content (AvgIpc) is 2.54. The number of amides is 2. The molecule has 0 radical (unpaired) electrons. The van der Waals surface area contributed by atoms with E-state index in [0.717, 1.165) is 0 Å². The number of carbonyl (C=O) groups excluding carboxylic acids is 1. The summed E-state index contributed by atoms with van der Waals surface area (Å²) in [5.41, 5.74) is 0.950. The SMILES string of the molecule is O=C(NCc1nc2ccccc2c(=O)[nH]1)Nc1cccnc1. The maximum atomic E-state index is 11.9. The third kappa shape index (κ3) is 3.09. The maximum absolute atomic E-state index is 11.9. The number of pyridine rings is 1. The van der Waals surface area contributed by atoms with Crippen molar-refractivity contribution in [1.29, 1.82) is 0 Å².